The molecule has 0 aromatic heterocycles. The van der Waals surface area contributed by atoms with Crippen molar-refractivity contribution >= 4 is 39.1 Å². The molecule has 3 aromatic rings. The number of amides is 2. The van der Waals surface area contributed by atoms with Crippen molar-refractivity contribution in [3.63, 3.8) is 0 Å². The number of benzene rings is 3. The van der Waals surface area contributed by atoms with Gasteiger partial charge in [-0.1, -0.05) is 85.6 Å². The summed E-state index contributed by atoms with van der Waals surface area (Å²) in [4.78, 5) is 29.1. The number of hydrogen-bond acceptors (Lipinski definition) is 5. The molecule has 0 heterocycles. The fourth-order valence-corrected chi connectivity index (χ4v) is 5.85. The third-order valence-corrected chi connectivity index (χ3v) is 8.45. The minimum atomic E-state index is -3.66. The van der Waals surface area contributed by atoms with Gasteiger partial charge in [0.15, 0.2) is 0 Å². The number of anilines is 1. The van der Waals surface area contributed by atoms with Gasteiger partial charge in [0.1, 0.15) is 11.8 Å². The monoisotopic (exact) mass is 613 g/mol. The Hall–Kier alpha value is -3.56. The lowest BCUT2D eigenvalue weighted by Crippen LogP contribution is -2.50. The molecule has 1 atom stereocenters. The Labute approximate surface area is 254 Å². The van der Waals surface area contributed by atoms with E-state index in [1.807, 2.05) is 55.5 Å². The van der Waals surface area contributed by atoms with Gasteiger partial charge in [-0.05, 0) is 42.2 Å². The van der Waals surface area contributed by atoms with Crippen LogP contribution in [-0.2, 0) is 32.6 Å². The van der Waals surface area contributed by atoms with Gasteiger partial charge in [-0.25, -0.2) is 8.42 Å². The van der Waals surface area contributed by atoms with Crippen LogP contribution in [0, 0.1) is 0 Å². The Bertz CT molecular complexity index is 1420. The molecule has 1 N–H and O–H groups in total. The number of nitrogens with one attached hydrogen (secondary N) is 1. The number of rotatable bonds is 16. The lowest BCUT2D eigenvalue weighted by Gasteiger charge is -2.32. The average Bonchev–Trinajstić information content (AvgIpc) is 2.98. The highest BCUT2D eigenvalue weighted by Crippen LogP contribution is 2.30. The molecule has 3 rings (SSSR count). The van der Waals surface area contributed by atoms with Crippen molar-refractivity contribution in [3.8, 4) is 5.75 Å². The second kappa shape index (κ2) is 16.2. The third kappa shape index (κ3) is 9.49. The molecule has 42 heavy (non-hydrogen) atoms. The van der Waals surface area contributed by atoms with Crippen LogP contribution in [-0.4, -0.2) is 57.6 Å². The Balaban J connectivity index is 1.89. The molecule has 0 saturated carbocycles. The van der Waals surface area contributed by atoms with Gasteiger partial charge in [0, 0.05) is 37.5 Å². The van der Waals surface area contributed by atoms with Crippen molar-refractivity contribution in [3.05, 3.63) is 95.0 Å². The van der Waals surface area contributed by atoms with E-state index in [1.54, 1.807) is 35.2 Å². The van der Waals surface area contributed by atoms with Gasteiger partial charge in [-0.2, -0.15) is 0 Å². The van der Waals surface area contributed by atoms with Crippen LogP contribution >= 0.6 is 11.6 Å². The first-order valence-corrected chi connectivity index (χ1v) is 16.3. The van der Waals surface area contributed by atoms with E-state index in [2.05, 4.69) is 5.32 Å². The van der Waals surface area contributed by atoms with Gasteiger partial charge < -0.3 is 15.0 Å². The van der Waals surface area contributed by atoms with Crippen molar-refractivity contribution in [1.29, 1.82) is 0 Å². The standard InChI is InChI=1S/C32H40ClN3O5S/c1-4-5-21-34-32(38)29(23-25-14-7-6-8-15-25)35(24-26-16-9-10-17-27(26)33)31(37)20-13-22-36(42(3,39)40)28-18-11-12-19-30(28)41-2/h6-12,14-19,29H,4-5,13,20-24H2,1-3H3,(H,34,38)/t29-/m1/s1. The van der Waals surface area contributed by atoms with Crippen molar-refractivity contribution < 1.29 is 22.7 Å². The third-order valence-electron chi connectivity index (χ3n) is 6.91. The van der Waals surface area contributed by atoms with E-state index in [-0.39, 0.29) is 37.7 Å². The van der Waals surface area contributed by atoms with E-state index in [1.165, 1.54) is 11.4 Å². The summed E-state index contributed by atoms with van der Waals surface area (Å²) >= 11 is 6.49. The lowest BCUT2D eigenvalue weighted by atomic mass is 10.0. The van der Waals surface area contributed by atoms with Crippen LogP contribution in [0.5, 0.6) is 5.75 Å². The number of sulfonamides is 1. The van der Waals surface area contributed by atoms with Gasteiger partial charge in [-0.15, -0.1) is 0 Å². The Morgan fingerprint density at radius 2 is 1.62 bits per heavy atom. The summed E-state index contributed by atoms with van der Waals surface area (Å²) in [6.07, 6.45) is 3.46. The second-order valence-corrected chi connectivity index (χ2v) is 12.4. The number of carbonyl (C=O) groups excluding carboxylic acids is 2. The fraction of sp³-hybridized carbons (Fsp3) is 0.375. The minimum absolute atomic E-state index is 0.0269. The van der Waals surface area contributed by atoms with Crippen LogP contribution in [0.1, 0.15) is 43.7 Å². The summed E-state index contributed by atoms with van der Waals surface area (Å²) in [7, 11) is -2.18. The van der Waals surface area contributed by atoms with Crippen LogP contribution < -0.4 is 14.4 Å². The van der Waals surface area contributed by atoms with E-state index in [4.69, 9.17) is 16.3 Å². The van der Waals surface area contributed by atoms with Crippen LogP contribution in [0.2, 0.25) is 5.02 Å². The Morgan fingerprint density at radius 3 is 2.29 bits per heavy atom. The highest BCUT2D eigenvalue weighted by atomic mass is 35.5. The predicted molar refractivity (Wildman–Crippen MR) is 168 cm³/mol. The van der Waals surface area contributed by atoms with Crippen LogP contribution in [0.3, 0.4) is 0 Å². The number of ether oxygens (including phenoxy) is 1. The second-order valence-electron chi connectivity index (χ2n) is 10.1. The van der Waals surface area contributed by atoms with E-state index in [0.717, 1.165) is 30.2 Å². The summed E-state index contributed by atoms with van der Waals surface area (Å²) < 4.78 is 32.1. The molecule has 3 aromatic carbocycles. The maximum atomic E-state index is 13.9. The molecule has 0 radical (unpaired) electrons. The van der Waals surface area contributed by atoms with Gasteiger partial charge >= 0.3 is 0 Å². The van der Waals surface area contributed by atoms with E-state index in [0.29, 0.717) is 29.4 Å². The molecule has 0 aliphatic carbocycles. The van der Waals surface area contributed by atoms with Gasteiger partial charge in [0.25, 0.3) is 0 Å². The molecular weight excluding hydrogens is 574 g/mol. The molecule has 2 amide bonds. The van der Waals surface area contributed by atoms with Crippen molar-refractivity contribution in [2.75, 3.05) is 30.8 Å². The van der Waals surface area contributed by atoms with Gasteiger partial charge in [0.05, 0.1) is 19.1 Å². The smallest absolute Gasteiger partial charge is 0.243 e. The molecule has 0 bridgehead atoms. The molecule has 0 fully saturated rings. The highest BCUT2D eigenvalue weighted by molar-refractivity contribution is 7.92. The maximum Gasteiger partial charge on any atom is 0.243 e. The van der Waals surface area contributed by atoms with E-state index < -0.39 is 16.1 Å². The topological polar surface area (TPSA) is 96.0 Å². The molecule has 10 heteroatoms. The molecule has 0 aliphatic heterocycles. The first-order valence-electron chi connectivity index (χ1n) is 14.1. The summed E-state index contributed by atoms with van der Waals surface area (Å²) in [5.74, 6) is -0.0873. The van der Waals surface area contributed by atoms with Crippen LogP contribution in [0.15, 0.2) is 78.9 Å². The van der Waals surface area contributed by atoms with Crippen LogP contribution in [0.25, 0.3) is 0 Å². The lowest BCUT2D eigenvalue weighted by molar-refractivity contribution is -0.141. The summed E-state index contributed by atoms with van der Waals surface area (Å²) in [5, 5.41) is 3.50. The maximum absolute atomic E-state index is 13.9. The Morgan fingerprint density at radius 1 is 0.952 bits per heavy atom. The van der Waals surface area contributed by atoms with Crippen molar-refractivity contribution in [2.24, 2.45) is 0 Å². The number of carbonyl (C=O) groups is 2. The average molecular weight is 614 g/mol. The number of unbranched alkanes of at least 4 members (excludes halogenated alkanes) is 1. The zero-order valence-electron chi connectivity index (χ0n) is 24.5. The summed E-state index contributed by atoms with van der Waals surface area (Å²) in [5.41, 5.74) is 2.04. The number of halogens is 1. The largest absolute Gasteiger partial charge is 0.495 e. The minimum Gasteiger partial charge on any atom is -0.495 e. The summed E-state index contributed by atoms with van der Waals surface area (Å²) in [6.45, 7) is 2.76. The molecule has 0 saturated heterocycles. The summed E-state index contributed by atoms with van der Waals surface area (Å²) in [6, 6.07) is 22.9. The fourth-order valence-electron chi connectivity index (χ4n) is 4.69. The van der Waals surface area contributed by atoms with Gasteiger partial charge in [0.2, 0.25) is 21.8 Å². The first-order chi connectivity index (χ1) is 20.2. The zero-order valence-corrected chi connectivity index (χ0v) is 26.0. The van der Waals surface area contributed by atoms with Crippen molar-refractivity contribution in [1.82, 2.24) is 10.2 Å². The molecule has 226 valence electrons. The number of methoxy groups -OCH3 is 1. The normalized spacial score (nSPS) is 11.9. The zero-order chi connectivity index (χ0) is 30.5. The predicted octanol–water partition coefficient (Wildman–Crippen LogP) is 5.45. The van der Waals surface area contributed by atoms with Crippen LogP contribution in [0.4, 0.5) is 5.69 Å². The number of para-hydroxylation sites is 2. The van der Waals surface area contributed by atoms with E-state index >= 15 is 0 Å². The molecule has 0 unspecified atom stereocenters. The highest BCUT2D eigenvalue weighted by Gasteiger charge is 2.31. The molecule has 0 spiro atoms. The van der Waals surface area contributed by atoms with Gasteiger partial charge in [-0.3, -0.25) is 13.9 Å². The number of hydrogen-bond donors (Lipinski definition) is 1. The molecule has 8 nitrogen and oxygen atoms in total. The molecular formula is C32H40ClN3O5S. The van der Waals surface area contributed by atoms with Crippen molar-refractivity contribution in [2.45, 2.75) is 51.6 Å². The quantitative estimate of drug-likeness (QED) is 0.217. The molecule has 0 aliphatic rings. The number of nitrogens with zero attached hydrogens (tertiary/aromatic N) is 2. The Kier molecular flexibility index (Phi) is 12.7. The SMILES string of the molecule is CCCCNC(=O)[C@@H](Cc1ccccc1)N(Cc1ccccc1Cl)C(=O)CCCN(c1ccccc1OC)S(C)(=O)=O. The van der Waals surface area contributed by atoms with E-state index in [9.17, 15) is 18.0 Å². The first kappa shape index (κ1) is 32.9.